The number of halogens is 1. The predicted octanol–water partition coefficient (Wildman–Crippen LogP) is 3.14. The highest BCUT2D eigenvalue weighted by Gasteiger charge is 2.34. The molecule has 1 fully saturated rings. The molecule has 0 saturated carbocycles. The lowest BCUT2D eigenvalue weighted by Crippen LogP contribution is -2.42. The number of benzene rings is 1. The van der Waals surface area contributed by atoms with Gasteiger partial charge in [0.15, 0.2) is 11.9 Å². The van der Waals surface area contributed by atoms with Gasteiger partial charge in [-0.1, -0.05) is 28.9 Å². The Morgan fingerprint density at radius 1 is 1.30 bits per heavy atom. The summed E-state index contributed by atoms with van der Waals surface area (Å²) in [5.41, 5.74) is 0. The highest BCUT2D eigenvalue weighted by Crippen LogP contribution is 2.27. The third kappa shape index (κ3) is 4.07. The molecule has 2 aromatic heterocycles. The molecule has 27 heavy (non-hydrogen) atoms. The maximum atomic E-state index is 12.9. The zero-order valence-electron chi connectivity index (χ0n) is 14.1. The SMILES string of the molecule is O=S(=O)(c1cccc(Cl)c1)N1CCOC(c2nc(Cc3cccs3)no2)C1. The van der Waals surface area contributed by atoms with E-state index >= 15 is 0 Å². The van der Waals surface area contributed by atoms with Crippen LogP contribution in [0.25, 0.3) is 0 Å². The van der Waals surface area contributed by atoms with Crippen molar-refractivity contribution in [2.45, 2.75) is 17.4 Å². The summed E-state index contributed by atoms with van der Waals surface area (Å²) in [5.74, 6) is 0.832. The quantitative estimate of drug-likeness (QED) is 0.624. The van der Waals surface area contributed by atoms with Crippen LogP contribution in [-0.4, -0.2) is 42.6 Å². The topological polar surface area (TPSA) is 85.5 Å². The maximum Gasteiger partial charge on any atom is 0.257 e. The van der Waals surface area contributed by atoms with Crippen molar-refractivity contribution in [3.63, 3.8) is 0 Å². The number of nitrogens with zero attached hydrogens (tertiary/aromatic N) is 3. The number of hydrogen-bond acceptors (Lipinski definition) is 7. The molecule has 10 heteroatoms. The van der Waals surface area contributed by atoms with Gasteiger partial charge in [-0.2, -0.15) is 9.29 Å². The molecule has 0 bridgehead atoms. The largest absolute Gasteiger partial charge is 0.366 e. The van der Waals surface area contributed by atoms with Gasteiger partial charge in [0, 0.05) is 29.4 Å². The summed E-state index contributed by atoms with van der Waals surface area (Å²) in [4.78, 5) is 5.65. The molecule has 1 saturated heterocycles. The van der Waals surface area contributed by atoms with E-state index in [0.717, 1.165) is 4.88 Å². The molecule has 0 radical (unpaired) electrons. The van der Waals surface area contributed by atoms with E-state index in [4.69, 9.17) is 20.9 Å². The van der Waals surface area contributed by atoms with Gasteiger partial charge in [-0.05, 0) is 29.6 Å². The van der Waals surface area contributed by atoms with Gasteiger partial charge in [-0.3, -0.25) is 0 Å². The molecule has 1 unspecified atom stereocenters. The van der Waals surface area contributed by atoms with Crippen LogP contribution in [0.4, 0.5) is 0 Å². The molecule has 142 valence electrons. The van der Waals surface area contributed by atoms with Crippen LogP contribution < -0.4 is 0 Å². The van der Waals surface area contributed by atoms with E-state index < -0.39 is 16.1 Å². The van der Waals surface area contributed by atoms with Crippen LogP contribution in [0.15, 0.2) is 51.2 Å². The lowest BCUT2D eigenvalue weighted by atomic mass is 10.3. The minimum Gasteiger partial charge on any atom is -0.366 e. The first-order valence-corrected chi connectivity index (χ1v) is 10.9. The van der Waals surface area contributed by atoms with E-state index in [0.29, 0.717) is 17.3 Å². The van der Waals surface area contributed by atoms with Gasteiger partial charge in [0.2, 0.25) is 10.0 Å². The Hall–Kier alpha value is -1.78. The summed E-state index contributed by atoms with van der Waals surface area (Å²) >= 11 is 7.55. The molecule has 1 aromatic carbocycles. The van der Waals surface area contributed by atoms with Crippen molar-refractivity contribution in [2.24, 2.45) is 0 Å². The number of hydrogen-bond donors (Lipinski definition) is 0. The van der Waals surface area contributed by atoms with Gasteiger partial charge in [-0.25, -0.2) is 8.42 Å². The molecular formula is C17H16ClN3O4S2. The number of ether oxygens (including phenoxy) is 1. The number of sulfonamides is 1. The highest BCUT2D eigenvalue weighted by molar-refractivity contribution is 7.89. The van der Waals surface area contributed by atoms with E-state index in [-0.39, 0.29) is 30.5 Å². The summed E-state index contributed by atoms with van der Waals surface area (Å²) in [6, 6.07) is 10.2. The number of morpholine rings is 1. The third-order valence-electron chi connectivity index (χ3n) is 4.13. The smallest absolute Gasteiger partial charge is 0.257 e. The van der Waals surface area contributed by atoms with Crippen molar-refractivity contribution in [3.05, 3.63) is 63.4 Å². The van der Waals surface area contributed by atoms with Crippen LogP contribution in [0.1, 0.15) is 22.7 Å². The zero-order chi connectivity index (χ0) is 18.9. The lowest BCUT2D eigenvalue weighted by Gasteiger charge is -2.30. The van der Waals surface area contributed by atoms with Crippen molar-refractivity contribution in [1.82, 2.24) is 14.4 Å². The van der Waals surface area contributed by atoms with E-state index in [9.17, 15) is 8.42 Å². The van der Waals surface area contributed by atoms with Crippen LogP contribution in [0.5, 0.6) is 0 Å². The summed E-state index contributed by atoms with van der Waals surface area (Å²) in [7, 11) is -3.68. The Kier molecular flexibility index (Phi) is 5.29. The highest BCUT2D eigenvalue weighted by atomic mass is 35.5. The number of thiophene rings is 1. The van der Waals surface area contributed by atoms with Crippen molar-refractivity contribution in [1.29, 1.82) is 0 Å². The summed E-state index contributed by atoms with van der Waals surface area (Å²) < 4.78 is 38.1. The molecule has 1 atom stereocenters. The second-order valence-electron chi connectivity index (χ2n) is 5.98. The third-order valence-corrected chi connectivity index (χ3v) is 7.11. The molecule has 0 amide bonds. The van der Waals surface area contributed by atoms with Crippen molar-refractivity contribution in [3.8, 4) is 0 Å². The Balaban J connectivity index is 1.50. The van der Waals surface area contributed by atoms with E-state index in [1.807, 2.05) is 17.5 Å². The first-order chi connectivity index (χ1) is 13.0. The van der Waals surface area contributed by atoms with Crippen LogP contribution in [0, 0.1) is 0 Å². The minimum atomic E-state index is -3.68. The van der Waals surface area contributed by atoms with Crippen molar-refractivity contribution < 1.29 is 17.7 Å². The standard InChI is InChI=1S/C17H16ClN3O4S2/c18-12-3-1-5-14(9-12)27(22,23)21-6-7-24-15(11-21)17-19-16(20-25-17)10-13-4-2-8-26-13/h1-5,8-9,15H,6-7,10-11H2. The Morgan fingerprint density at radius 2 is 2.19 bits per heavy atom. The van der Waals surface area contributed by atoms with Gasteiger partial charge in [0.25, 0.3) is 5.89 Å². The van der Waals surface area contributed by atoms with Gasteiger partial charge >= 0.3 is 0 Å². The predicted molar refractivity (Wildman–Crippen MR) is 100 cm³/mol. The van der Waals surface area contributed by atoms with Crippen LogP contribution >= 0.6 is 22.9 Å². The van der Waals surface area contributed by atoms with Gasteiger partial charge in [0.05, 0.1) is 11.5 Å². The van der Waals surface area contributed by atoms with Gasteiger partial charge < -0.3 is 9.26 Å². The molecule has 1 aliphatic heterocycles. The second-order valence-corrected chi connectivity index (χ2v) is 9.39. The summed E-state index contributed by atoms with van der Waals surface area (Å²) in [5, 5.41) is 6.33. The fourth-order valence-corrected chi connectivity index (χ4v) is 5.24. The fraction of sp³-hybridized carbons (Fsp3) is 0.294. The van der Waals surface area contributed by atoms with Crippen molar-refractivity contribution in [2.75, 3.05) is 19.7 Å². The Labute approximate surface area is 165 Å². The lowest BCUT2D eigenvalue weighted by molar-refractivity contribution is -0.0199. The molecule has 3 heterocycles. The van der Waals surface area contributed by atoms with Gasteiger partial charge in [0.1, 0.15) is 0 Å². The van der Waals surface area contributed by atoms with E-state index in [2.05, 4.69) is 10.1 Å². The Bertz CT molecular complexity index is 1020. The monoisotopic (exact) mass is 425 g/mol. The minimum absolute atomic E-state index is 0.107. The Morgan fingerprint density at radius 3 is 2.96 bits per heavy atom. The average Bonchev–Trinajstić information content (AvgIpc) is 3.34. The maximum absolute atomic E-state index is 12.9. The van der Waals surface area contributed by atoms with Gasteiger partial charge in [-0.15, -0.1) is 11.3 Å². The molecule has 1 aliphatic rings. The molecule has 7 nitrogen and oxygen atoms in total. The van der Waals surface area contributed by atoms with Crippen LogP contribution in [0.2, 0.25) is 5.02 Å². The summed E-state index contributed by atoms with van der Waals surface area (Å²) in [6.07, 6.45) is -0.0319. The molecular weight excluding hydrogens is 410 g/mol. The number of aromatic nitrogens is 2. The van der Waals surface area contributed by atoms with Crippen molar-refractivity contribution >= 4 is 33.0 Å². The number of rotatable bonds is 5. The fourth-order valence-electron chi connectivity index (χ4n) is 2.81. The second kappa shape index (κ2) is 7.69. The normalized spacial score (nSPS) is 18.6. The summed E-state index contributed by atoms with van der Waals surface area (Å²) in [6.45, 7) is 0.601. The zero-order valence-corrected chi connectivity index (χ0v) is 16.5. The molecule has 0 spiro atoms. The van der Waals surface area contributed by atoms with E-state index in [1.54, 1.807) is 23.5 Å². The van der Waals surface area contributed by atoms with E-state index in [1.165, 1.54) is 16.4 Å². The average molecular weight is 426 g/mol. The first kappa shape index (κ1) is 18.6. The molecule has 3 aromatic rings. The molecule has 0 aliphatic carbocycles. The van der Waals surface area contributed by atoms with Crippen LogP contribution in [0.3, 0.4) is 0 Å². The first-order valence-electron chi connectivity index (χ1n) is 8.24. The molecule has 0 N–H and O–H groups in total. The van der Waals surface area contributed by atoms with Crippen LogP contribution in [-0.2, 0) is 21.2 Å². The molecule has 4 rings (SSSR count).